The van der Waals surface area contributed by atoms with Crippen molar-refractivity contribution in [1.82, 2.24) is 19.6 Å². The number of nitrogens with one attached hydrogen (secondary N) is 1. The third kappa shape index (κ3) is 3.80. The largest absolute Gasteiger partial charge is 0.379 e. The van der Waals surface area contributed by atoms with Crippen molar-refractivity contribution < 1.29 is 9.53 Å². The fourth-order valence-corrected chi connectivity index (χ4v) is 2.48. The quantitative estimate of drug-likeness (QED) is 0.861. The number of carbonyl (C=O) groups excluding carboxylic acids is 1. The van der Waals surface area contributed by atoms with Gasteiger partial charge in [-0.1, -0.05) is 6.07 Å². The number of amides is 1. The van der Waals surface area contributed by atoms with Crippen LogP contribution in [0.4, 0.5) is 0 Å². The Labute approximate surface area is 123 Å². The van der Waals surface area contributed by atoms with Crippen LogP contribution in [-0.4, -0.2) is 59.6 Å². The first-order chi connectivity index (χ1) is 10.3. The van der Waals surface area contributed by atoms with Crippen molar-refractivity contribution in [2.75, 3.05) is 39.4 Å². The van der Waals surface area contributed by atoms with E-state index in [1.54, 1.807) is 0 Å². The summed E-state index contributed by atoms with van der Waals surface area (Å²) in [4.78, 5) is 18.7. The van der Waals surface area contributed by atoms with E-state index in [1.807, 2.05) is 35.0 Å². The molecule has 21 heavy (non-hydrogen) atoms. The summed E-state index contributed by atoms with van der Waals surface area (Å²) < 4.78 is 7.22. The number of imidazole rings is 1. The zero-order valence-electron chi connectivity index (χ0n) is 12.0. The molecule has 0 bridgehead atoms. The molecule has 112 valence electrons. The summed E-state index contributed by atoms with van der Waals surface area (Å²) in [7, 11) is 0. The van der Waals surface area contributed by atoms with Crippen LogP contribution in [0.1, 0.15) is 5.69 Å². The molecule has 0 radical (unpaired) electrons. The summed E-state index contributed by atoms with van der Waals surface area (Å²) in [6.07, 6.45) is 4.16. The third-order valence-electron chi connectivity index (χ3n) is 3.61. The molecule has 1 N–H and O–H groups in total. The van der Waals surface area contributed by atoms with Crippen molar-refractivity contribution in [2.24, 2.45) is 0 Å². The number of fused-ring (bicyclic) bond motifs is 1. The maximum absolute atomic E-state index is 11.9. The molecule has 3 rings (SSSR count). The van der Waals surface area contributed by atoms with Gasteiger partial charge in [-0.15, -0.1) is 0 Å². The molecule has 0 aliphatic carbocycles. The average Bonchev–Trinajstić information content (AvgIpc) is 2.90. The Hall–Kier alpha value is -1.92. The number of hydrogen-bond donors (Lipinski definition) is 1. The molecule has 6 heteroatoms. The highest BCUT2D eigenvalue weighted by Gasteiger charge is 2.11. The van der Waals surface area contributed by atoms with Crippen LogP contribution in [0.2, 0.25) is 0 Å². The number of hydrogen-bond acceptors (Lipinski definition) is 4. The van der Waals surface area contributed by atoms with Crippen LogP contribution in [0.5, 0.6) is 0 Å². The number of ether oxygens (including phenoxy) is 1. The number of morpholine rings is 1. The maximum atomic E-state index is 11.9. The fraction of sp³-hybridized carbons (Fsp3) is 0.467. The lowest BCUT2D eigenvalue weighted by Gasteiger charge is -2.26. The van der Waals surface area contributed by atoms with Crippen molar-refractivity contribution in [1.29, 1.82) is 0 Å². The molecule has 1 aliphatic rings. The second kappa shape index (κ2) is 6.69. The van der Waals surface area contributed by atoms with Crippen LogP contribution in [0, 0.1) is 0 Å². The molecule has 0 saturated carbocycles. The number of rotatable bonds is 5. The lowest BCUT2D eigenvalue weighted by atomic mass is 10.3. The van der Waals surface area contributed by atoms with Crippen LogP contribution in [-0.2, 0) is 16.0 Å². The molecule has 1 aliphatic heterocycles. The molecule has 0 aromatic carbocycles. The van der Waals surface area contributed by atoms with Crippen LogP contribution in [0.3, 0.4) is 0 Å². The Morgan fingerprint density at radius 3 is 3.00 bits per heavy atom. The summed E-state index contributed by atoms with van der Waals surface area (Å²) >= 11 is 0. The van der Waals surface area contributed by atoms with Gasteiger partial charge >= 0.3 is 0 Å². The Balaban J connectivity index is 1.45. The molecule has 0 unspecified atom stereocenters. The standard InChI is InChI=1S/C15H20N4O2/c20-15(16-4-6-18-7-9-21-10-8-18)11-13-12-19-5-2-1-3-14(19)17-13/h1-3,5,12H,4,6-11H2,(H,16,20). The minimum atomic E-state index is 0.0201. The fourth-order valence-electron chi connectivity index (χ4n) is 2.48. The predicted octanol–water partition coefficient (Wildman–Crippen LogP) is 0.325. The molecule has 2 aromatic heterocycles. The summed E-state index contributed by atoms with van der Waals surface area (Å²) in [6, 6.07) is 5.81. The third-order valence-corrected chi connectivity index (χ3v) is 3.61. The Morgan fingerprint density at radius 1 is 1.33 bits per heavy atom. The van der Waals surface area contributed by atoms with E-state index in [2.05, 4.69) is 15.2 Å². The lowest BCUT2D eigenvalue weighted by molar-refractivity contribution is -0.120. The molecule has 2 aromatic rings. The van der Waals surface area contributed by atoms with Gasteiger partial charge in [-0.2, -0.15) is 0 Å². The summed E-state index contributed by atoms with van der Waals surface area (Å²) in [6.45, 7) is 5.02. The molecule has 0 spiro atoms. The first kappa shape index (κ1) is 14.0. The lowest BCUT2D eigenvalue weighted by Crippen LogP contribution is -2.41. The van der Waals surface area contributed by atoms with Crippen LogP contribution < -0.4 is 5.32 Å². The second-order valence-corrected chi connectivity index (χ2v) is 5.18. The summed E-state index contributed by atoms with van der Waals surface area (Å²) in [5.74, 6) is 0.0201. The predicted molar refractivity (Wildman–Crippen MR) is 79.2 cm³/mol. The number of nitrogens with zero attached hydrogens (tertiary/aromatic N) is 3. The molecule has 1 amide bonds. The van der Waals surface area contributed by atoms with Crippen molar-refractivity contribution in [3.63, 3.8) is 0 Å². The van der Waals surface area contributed by atoms with E-state index in [0.29, 0.717) is 13.0 Å². The van der Waals surface area contributed by atoms with E-state index in [9.17, 15) is 4.79 Å². The first-order valence-electron chi connectivity index (χ1n) is 7.31. The zero-order valence-corrected chi connectivity index (χ0v) is 12.0. The van der Waals surface area contributed by atoms with Gasteiger partial charge in [0.2, 0.25) is 5.91 Å². The highest BCUT2D eigenvalue weighted by molar-refractivity contribution is 5.78. The molecule has 1 fully saturated rings. The van der Waals surface area contributed by atoms with Crippen molar-refractivity contribution in [3.05, 3.63) is 36.3 Å². The van der Waals surface area contributed by atoms with Gasteiger partial charge in [-0.05, 0) is 12.1 Å². The highest BCUT2D eigenvalue weighted by atomic mass is 16.5. The second-order valence-electron chi connectivity index (χ2n) is 5.18. The average molecular weight is 288 g/mol. The van der Waals surface area contributed by atoms with Gasteiger partial charge in [-0.25, -0.2) is 4.98 Å². The molecule has 1 saturated heterocycles. The Morgan fingerprint density at radius 2 is 2.19 bits per heavy atom. The van der Waals surface area contributed by atoms with Gasteiger partial charge in [0.05, 0.1) is 25.3 Å². The van der Waals surface area contributed by atoms with Gasteiger partial charge in [0.25, 0.3) is 0 Å². The van der Waals surface area contributed by atoms with Gasteiger partial charge in [0.1, 0.15) is 5.65 Å². The summed E-state index contributed by atoms with van der Waals surface area (Å²) in [5.41, 5.74) is 1.67. The van der Waals surface area contributed by atoms with Gasteiger partial charge in [0, 0.05) is 38.6 Å². The van der Waals surface area contributed by atoms with E-state index in [-0.39, 0.29) is 5.91 Å². The van der Waals surface area contributed by atoms with E-state index in [0.717, 1.165) is 44.2 Å². The summed E-state index contributed by atoms with van der Waals surface area (Å²) in [5, 5.41) is 2.95. The van der Waals surface area contributed by atoms with Crippen LogP contribution >= 0.6 is 0 Å². The Kier molecular flexibility index (Phi) is 4.47. The van der Waals surface area contributed by atoms with Gasteiger partial charge < -0.3 is 14.5 Å². The molecule has 3 heterocycles. The zero-order chi connectivity index (χ0) is 14.5. The van der Waals surface area contributed by atoms with Gasteiger partial charge in [-0.3, -0.25) is 9.69 Å². The topological polar surface area (TPSA) is 58.9 Å². The van der Waals surface area contributed by atoms with Crippen LogP contribution in [0.15, 0.2) is 30.6 Å². The van der Waals surface area contributed by atoms with Crippen LogP contribution in [0.25, 0.3) is 5.65 Å². The Bertz CT molecular complexity index is 571. The van der Waals surface area contributed by atoms with E-state index < -0.39 is 0 Å². The minimum absolute atomic E-state index is 0.0201. The van der Waals surface area contributed by atoms with E-state index in [1.165, 1.54) is 0 Å². The number of aromatic nitrogens is 2. The van der Waals surface area contributed by atoms with E-state index in [4.69, 9.17) is 4.74 Å². The number of carbonyl (C=O) groups is 1. The van der Waals surface area contributed by atoms with Crippen molar-refractivity contribution >= 4 is 11.6 Å². The first-order valence-corrected chi connectivity index (χ1v) is 7.31. The monoisotopic (exact) mass is 288 g/mol. The smallest absolute Gasteiger partial charge is 0.226 e. The molecular weight excluding hydrogens is 268 g/mol. The number of pyridine rings is 1. The highest BCUT2D eigenvalue weighted by Crippen LogP contribution is 2.05. The van der Waals surface area contributed by atoms with Crippen molar-refractivity contribution in [2.45, 2.75) is 6.42 Å². The molecular formula is C15H20N4O2. The van der Waals surface area contributed by atoms with Crippen molar-refractivity contribution in [3.8, 4) is 0 Å². The van der Waals surface area contributed by atoms with Gasteiger partial charge in [0.15, 0.2) is 0 Å². The maximum Gasteiger partial charge on any atom is 0.226 e. The SMILES string of the molecule is O=C(Cc1cn2ccccc2n1)NCCN1CCOCC1. The normalized spacial score (nSPS) is 16.2. The van der Waals surface area contributed by atoms with E-state index >= 15 is 0 Å². The minimum Gasteiger partial charge on any atom is -0.379 e. The molecule has 0 atom stereocenters. The molecule has 6 nitrogen and oxygen atoms in total.